The number of carbonyl (C=O) groups excluding carboxylic acids is 2. The Hall–Kier alpha value is -1.14. The average Bonchev–Trinajstić information content (AvgIpc) is 2.46. The summed E-state index contributed by atoms with van der Waals surface area (Å²) in [4.78, 5) is 27.7. The smallest absolute Gasteiger partial charge is 0.223 e. The number of piperazine rings is 1. The third-order valence-corrected chi connectivity index (χ3v) is 3.74. The van der Waals surface area contributed by atoms with E-state index >= 15 is 0 Å². The highest BCUT2D eigenvalue weighted by molar-refractivity contribution is 5.84. The van der Waals surface area contributed by atoms with Gasteiger partial charge in [-0.15, -0.1) is 0 Å². The van der Waals surface area contributed by atoms with Crippen molar-refractivity contribution < 1.29 is 14.3 Å². The van der Waals surface area contributed by atoms with Crippen LogP contribution in [-0.4, -0.2) is 73.6 Å². The van der Waals surface area contributed by atoms with Crippen molar-refractivity contribution in [2.45, 2.75) is 25.8 Å². The van der Waals surface area contributed by atoms with Crippen molar-refractivity contribution in [2.75, 3.05) is 45.9 Å². The Labute approximate surface area is 114 Å². The average molecular weight is 269 g/mol. The molecule has 2 heterocycles. The largest absolute Gasteiger partial charge is 0.378 e. The molecule has 0 unspecified atom stereocenters. The normalized spacial score (nSPS) is 24.4. The Bertz CT molecular complexity index is 329. The number of rotatable bonds is 3. The molecule has 0 bridgehead atoms. The minimum Gasteiger partial charge on any atom is -0.378 e. The van der Waals surface area contributed by atoms with Gasteiger partial charge in [-0.1, -0.05) is 0 Å². The van der Waals surface area contributed by atoms with E-state index in [1.807, 2.05) is 11.8 Å². The molecule has 2 rings (SSSR count). The summed E-state index contributed by atoms with van der Waals surface area (Å²) < 4.78 is 5.21. The molecule has 0 spiro atoms. The molecule has 2 aliphatic heterocycles. The minimum atomic E-state index is 0.0689. The molecule has 0 aromatic carbocycles. The summed E-state index contributed by atoms with van der Waals surface area (Å²) in [5.41, 5.74) is 0. The summed E-state index contributed by atoms with van der Waals surface area (Å²) in [6, 6.07) is 0.222. The standard InChI is InChI=1S/C13H23N3O3/c1-11-10-14-4-5-16(11)13(18)3-2-12(17)15-6-8-19-9-7-15/h11,14H,2-10H2,1H3/t11-/m1/s1. The van der Waals surface area contributed by atoms with Crippen molar-refractivity contribution in [3.8, 4) is 0 Å². The fraction of sp³-hybridized carbons (Fsp3) is 0.846. The van der Waals surface area contributed by atoms with E-state index in [9.17, 15) is 9.59 Å². The van der Waals surface area contributed by atoms with Crippen molar-refractivity contribution in [3.63, 3.8) is 0 Å². The lowest BCUT2D eigenvalue weighted by Gasteiger charge is -2.34. The van der Waals surface area contributed by atoms with Gasteiger partial charge in [-0.2, -0.15) is 0 Å². The molecule has 2 aliphatic rings. The number of hydrogen-bond donors (Lipinski definition) is 1. The van der Waals surface area contributed by atoms with Gasteiger partial charge in [-0.3, -0.25) is 9.59 Å². The van der Waals surface area contributed by atoms with E-state index in [-0.39, 0.29) is 17.9 Å². The first-order valence-corrected chi connectivity index (χ1v) is 7.04. The topological polar surface area (TPSA) is 61.9 Å². The first-order chi connectivity index (χ1) is 9.18. The van der Waals surface area contributed by atoms with Crippen LogP contribution in [0.15, 0.2) is 0 Å². The lowest BCUT2D eigenvalue weighted by atomic mass is 10.1. The van der Waals surface area contributed by atoms with E-state index in [1.165, 1.54) is 0 Å². The molecule has 0 saturated carbocycles. The van der Waals surface area contributed by atoms with Crippen LogP contribution in [0.4, 0.5) is 0 Å². The van der Waals surface area contributed by atoms with Gasteiger partial charge in [0.2, 0.25) is 11.8 Å². The van der Waals surface area contributed by atoms with Crippen LogP contribution in [0, 0.1) is 0 Å². The van der Waals surface area contributed by atoms with Crippen molar-refractivity contribution in [1.29, 1.82) is 0 Å². The Morgan fingerprint density at radius 3 is 2.53 bits per heavy atom. The highest BCUT2D eigenvalue weighted by Crippen LogP contribution is 2.08. The zero-order chi connectivity index (χ0) is 13.7. The second-order valence-corrected chi connectivity index (χ2v) is 5.13. The monoisotopic (exact) mass is 269 g/mol. The van der Waals surface area contributed by atoms with E-state index in [2.05, 4.69) is 5.32 Å². The predicted molar refractivity (Wildman–Crippen MR) is 70.7 cm³/mol. The maximum Gasteiger partial charge on any atom is 0.223 e. The van der Waals surface area contributed by atoms with Gasteiger partial charge in [0.05, 0.1) is 13.2 Å². The van der Waals surface area contributed by atoms with Gasteiger partial charge in [0.25, 0.3) is 0 Å². The Morgan fingerprint density at radius 1 is 1.16 bits per heavy atom. The Morgan fingerprint density at radius 2 is 1.84 bits per heavy atom. The highest BCUT2D eigenvalue weighted by atomic mass is 16.5. The predicted octanol–water partition coefficient (Wildman–Crippen LogP) is -0.554. The second kappa shape index (κ2) is 6.86. The van der Waals surface area contributed by atoms with Gasteiger partial charge in [-0.25, -0.2) is 0 Å². The third-order valence-electron chi connectivity index (χ3n) is 3.74. The van der Waals surface area contributed by atoms with Crippen molar-refractivity contribution in [3.05, 3.63) is 0 Å². The highest BCUT2D eigenvalue weighted by Gasteiger charge is 2.24. The summed E-state index contributed by atoms with van der Waals surface area (Å²) in [7, 11) is 0. The molecule has 1 atom stereocenters. The fourth-order valence-electron chi connectivity index (χ4n) is 2.54. The number of carbonyl (C=O) groups is 2. The van der Waals surface area contributed by atoms with E-state index < -0.39 is 0 Å². The Balaban J connectivity index is 1.74. The van der Waals surface area contributed by atoms with Crippen molar-refractivity contribution in [1.82, 2.24) is 15.1 Å². The second-order valence-electron chi connectivity index (χ2n) is 5.13. The van der Waals surface area contributed by atoms with E-state index in [1.54, 1.807) is 4.90 Å². The number of hydrogen-bond acceptors (Lipinski definition) is 4. The SMILES string of the molecule is C[C@@H]1CNCCN1C(=O)CCC(=O)N1CCOCC1. The van der Waals surface area contributed by atoms with Gasteiger partial charge in [0, 0.05) is 51.6 Å². The van der Waals surface area contributed by atoms with Crippen LogP contribution in [0.5, 0.6) is 0 Å². The third kappa shape index (κ3) is 3.91. The van der Waals surface area contributed by atoms with E-state index in [0.717, 1.165) is 19.6 Å². The van der Waals surface area contributed by atoms with Crippen LogP contribution >= 0.6 is 0 Å². The lowest BCUT2D eigenvalue weighted by Crippen LogP contribution is -2.52. The van der Waals surface area contributed by atoms with Crippen LogP contribution in [-0.2, 0) is 14.3 Å². The molecule has 0 aromatic heterocycles. The summed E-state index contributed by atoms with van der Waals surface area (Å²) in [5.74, 6) is 0.162. The summed E-state index contributed by atoms with van der Waals surface area (Å²) in [6.07, 6.45) is 0.635. The molecule has 2 saturated heterocycles. The fourth-order valence-corrected chi connectivity index (χ4v) is 2.54. The summed E-state index contributed by atoms with van der Waals surface area (Å²) in [6.45, 7) is 6.97. The maximum atomic E-state index is 12.1. The van der Waals surface area contributed by atoms with Crippen LogP contribution in [0.2, 0.25) is 0 Å². The number of nitrogens with one attached hydrogen (secondary N) is 1. The van der Waals surface area contributed by atoms with Crippen LogP contribution in [0.25, 0.3) is 0 Å². The molecule has 0 aromatic rings. The van der Waals surface area contributed by atoms with Crippen LogP contribution in [0.1, 0.15) is 19.8 Å². The molecule has 2 fully saturated rings. The van der Waals surface area contributed by atoms with Crippen molar-refractivity contribution >= 4 is 11.8 Å². The van der Waals surface area contributed by atoms with Crippen molar-refractivity contribution in [2.24, 2.45) is 0 Å². The quantitative estimate of drug-likeness (QED) is 0.746. The lowest BCUT2D eigenvalue weighted by molar-refractivity contribution is -0.140. The molecular weight excluding hydrogens is 246 g/mol. The number of morpholine rings is 1. The van der Waals surface area contributed by atoms with Gasteiger partial charge in [0.15, 0.2) is 0 Å². The first-order valence-electron chi connectivity index (χ1n) is 7.04. The van der Waals surface area contributed by atoms with Gasteiger partial charge in [-0.05, 0) is 6.92 Å². The van der Waals surface area contributed by atoms with Crippen LogP contribution in [0.3, 0.4) is 0 Å². The zero-order valence-electron chi connectivity index (χ0n) is 11.6. The molecular formula is C13H23N3O3. The Kier molecular flexibility index (Phi) is 5.15. The number of nitrogens with zero attached hydrogens (tertiary/aromatic N) is 2. The summed E-state index contributed by atoms with van der Waals surface area (Å²) >= 11 is 0. The molecule has 2 amide bonds. The first kappa shape index (κ1) is 14.3. The molecule has 1 N–H and O–H groups in total. The maximum absolute atomic E-state index is 12.1. The summed E-state index contributed by atoms with van der Waals surface area (Å²) in [5, 5.41) is 3.25. The van der Waals surface area contributed by atoms with E-state index in [4.69, 9.17) is 4.74 Å². The van der Waals surface area contributed by atoms with Crippen LogP contribution < -0.4 is 5.32 Å². The molecule has 6 heteroatoms. The van der Waals surface area contributed by atoms with Gasteiger partial charge >= 0.3 is 0 Å². The minimum absolute atomic E-state index is 0.0689. The molecule has 19 heavy (non-hydrogen) atoms. The number of amides is 2. The van der Waals surface area contributed by atoms with Gasteiger partial charge in [0.1, 0.15) is 0 Å². The number of ether oxygens (including phenoxy) is 1. The molecule has 0 aliphatic carbocycles. The molecule has 0 radical (unpaired) electrons. The molecule has 6 nitrogen and oxygen atoms in total. The zero-order valence-corrected chi connectivity index (χ0v) is 11.6. The molecule has 108 valence electrons. The van der Waals surface area contributed by atoms with E-state index in [0.29, 0.717) is 39.1 Å². The van der Waals surface area contributed by atoms with Gasteiger partial charge < -0.3 is 19.9 Å².